The van der Waals surface area contributed by atoms with Crippen LogP contribution < -0.4 is 5.73 Å². The minimum Gasteiger partial charge on any atom is -0.465 e. The molecule has 0 spiro atoms. The van der Waals surface area contributed by atoms with Gasteiger partial charge < -0.3 is 15.0 Å². The second-order valence-electron chi connectivity index (χ2n) is 5.16. The Hall–Kier alpha value is -1.29. The Bertz CT molecular complexity index is 377. The van der Waals surface area contributed by atoms with Gasteiger partial charge in [0, 0.05) is 17.9 Å². The van der Waals surface area contributed by atoms with E-state index in [4.69, 9.17) is 10.5 Å². The second-order valence-corrected chi connectivity index (χ2v) is 5.16. The fourth-order valence-corrected chi connectivity index (χ4v) is 1.57. The first-order valence-electron chi connectivity index (χ1n) is 5.94. The summed E-state index contributed by atoms with van der Waals surface area (Å²) in [7, 11) is 0. The number of ether oxygens (including phenoxy) is 1. The van der Waals surface area contributed by atoms with Gasteiger partial charge in [-0.2, -0.15) is 0 Å². The Morgan fingerprint density at radius 1 is 1.53 bits per heavy atom. The van der Waals surface area contributed by atoms with Gasteiger partial charge in [0.2, 0.25) is 0 Å². The number of carbonyl (C=O) groups is 1. The van der Waals surface area contributed by atoms with Gasteiger partial charge >= 0.3 is 5.97 Å². The molecule has 0 fully saturated rings. The van der Waals surface area contributed by atoms with Crippen molar-refractivity contribution < 1.29 is 9.53 Å². The summed E-state index contributed by atoms with van der Waals surface area (Å²) < 4.78 is 6.99. The summed E-state index contributed by atoms with van der Waals surface area (Å²) in [6, 6.07) is 1.41. The normalized spacial score (nSPS) is 13.5. The smallest absolute Gasteiger partial charge is 0.323 e. The predicted molar refractivity (Wildman–Crippen MR) is 67.7 cm³/mol. The Morgan fingerprint density at radius 3 is 2.65 bits per heavy atom. The van der Waals surface area contributed by atoms with E-state index >= 15 is 0 Å². The first-order chi connectivity index (χ1) is 7.84. The molecule has 0 amide bonds. The number of esters is 1. The summed E-state index contributed by atoms with van der Waals surface area (Å²) in [5.74, 6) is -0.337. The highest BCUT2D eigenvalue weighted by molar-refractivity contribution is 5.75. The largest absolute Gasteiger partial charge is 0.465 e. The van der Waals surface area contributed by atoms with Gasteiger partial charge in [0.25, 0.3) is 0 Å². The molecule has 0 aliphatic heterocycles. The predicted octanol–water partition coefficient (Wildman–Crippen LogP) is 1.68. The zero-order valence-corrected chi connectivity index (χ0v) is 11.1. The van der Waals surface area contributed by atoms with E-state index in [0.717, 1.165) is 5.56 Å². The molecule has 0 aliphatic carbocycles. The van der Waals surface area contributed by atoms with Crippen LogP contribution in [0.1, 0.15) is 33.3 Å². The van der Waals surface area contributed by atoms with Crippen LogP contribution in [0.4, 0.5) is 0 Å². The van der Waals surface area contributed by atoms with Gasteiger partial charge in [-0.1, -0.05) is 0 Å². The van der Waals surface area contributed by atoms with Crippen LogP contribution in [-0.2, 0) is 21.5 Å². The van der Waals surface area contributed by atoms with Gasteiger partial charge in [-0.25, -0.2) is 0 Å². The van der Waals surface area contributed by atoms with Crippen molar-refractivity contribution in [2.24, 2.45) is 5.73 Å². The first kappa shape index (κ1) is 13.8. The molecule has 0 aromatic carbocycles. The van der Waals surface area contributed by atoms with Crippen LogP contribution in [0.2, 0.25) is 0 Å². The van der Waals surface area contributed by atoms with Crippen LogP contribution in [0.3, 0.4) is 0 Å². The van der Waals surface area contributed by atoms with E-state index in [-0.39, 0.29) is 11.5 Å². The molecule has 17 heavy (non-hydrogen) atoms. The van der Waals surface area contributed by atoms with Gasteiger partial charge in [-0.3, -0.25) is 4.79 Å². The summed E-state index contributed by atoms with van der Waals surface area (Å²) >= 11 is 0. The topological polar surface area (TPSA) is 57.2 Å². The number of aromatic nitrogens is 1. The Balaban J connectivity index is 2.64. The average Bonchev–Trinajstić information content (AvgIpc) is 2.66. The van der Waals surface area contributed by atoms with Gasteiger partial charge in [0.15, 0.2) is 0 Å². The lowest BCUT2D eigenvalue weighted by Gasteiger charge is -2.21. The summed E-state index contributed by atoms with van der Waals surface area (Å²) in [6.45, 7) is 8.53. The second kappa shape index (κ2) is 5.36. The SMILES string of the molecule is CCOC(=O)C(N)Cc1ccn(C(C)(C)C)c1. The summed E-state index contributed by atoms with van der Waals surface area (Å²) in [5.41, 5.74) is 6.87. The van der Waals surface area contributed by atoms with Crippen molar-refractivity contribution in [1.29, 1.82) is 0 Å². The minimum absolute atomic E-state index is 0.0479. The van der Waals surface area contributed by atoms with Gasteiger partial charge in [-0.15, -0.1) is 0 Å². The number of carbonyl (C=O) groups excluding carboxylic acids is 1. The maximum Gasteiger partial charge on any atom is 0.323 e. The zero-order chi connectivity index (χ0) is 13.1. The maximum absolute atomic E-state index is 11.4. The van der Waals surface area contributed by atoms with Crippen LogP contribution in [-0.4, -0.2) is 23.2 Å². The lowest BCUT2D eigenvalue weighted by atomic mass is 10.1. The van der Waals surface area contributed by atoms with E-state index in [2.05, 4.69) is 25.3 Å². The van der Waals surface area contributed by atoms with E-state index < -0.39 is 6.04 Å². The molecular formula is C13H22N2O2. The third-order valence-corrected chi connectivity index (χ3v) is 2.57. The monoisotopic (exact) mass is 238 g/mol. The molecule has 0 saturated heterocycles. The summed E-state index contributed by atoms with van der Waals surface area (Å²) in [6.07, 6.45) is 4.55. The lowest BCUT2D eigenvalue weighted by molar-refractivity contribution is -0.144. The molecular weight excluding hydrogens is 216 g/mol. The summed E-state index contributed by atoms with van der Waals surface area (Å²) in [4.78, 5) is 11.4. The molecule has 2 N–H and O–H groups in total. The molecule has 0 saturated carbocycles. The van der Waals surface area contributed by atoms with Gasteiger partial charge in [0.1, 0.15) is 6.04 Å². The van der Waals surface area contributed by atoms with Crippen molar-refractivity contribution in [3.8, 4) is 0 Å². The third kappa shape index (κ3) is 3.89. The van der Waals surface area contributed by atoms with Crippen molar-refractivity contribution in [2.45, 2.75) is 45.7 Å². The van der Waals surface area contributed by atoms with Crippen molar-refractivity contribution in [3.05, 3.63) is 24.0 Å². The van der Waals surface area contributed by atoms with Crippen molar-refractivity contribution >= 4 is 5.97 Å². The first-order valence-corrected chi connectivity index (χ1v) is 5.94. The van der Waals surface area contributed by atoms with Crippen molar-refractivity contribution in [2.75, 3.05) is 6.61 Å². The minimum atomic E-state index is -0.578. The fraction of sp³-hybridized carbons (Fsp3) is 0.615. The molecule has 4 heteroatoms. The molecule has 0 aliphatic rings. The highest BCUT2D eigenvalue weighted by atomic mass is 16.5. The fourth-order valence-electron chi connectivity index (χ4n) is 1.57. The molecule has 0 bridgehead atoms. The molecule has 1 aromatic heterocycles. The van der Waals surface area contributed by atoms with Crippen LogP contribution in [0.5, 0.6) is 0 Å². The standard InChI is InChI=1S/C13H22N2O2/c1-5-17-12(16)11(14)8-10-6-7-15(9-10)13(2,3)4/h6-7,9,11H,5,8,14H2,1-4H3. The average molecular weight is 238 g/mol. The van der Waals surface area contributed by atoms with Crippen LogP contribution in [0, 0.1) is 0 Å². The lowest BCUT2D eigenvalue weighted by Crippen LogP contribution is -2.34. The van der Waals surface area contributed by atoms with Crippen LogP contribution in [0.25, 0.3) is 0 Å². The van der Waals surface area contributed by atoms with Crippen LogP contribution in [0.15, 0.2) is 18.5 Å². The zero-order valence-electron chi connectivity index (χ0n) is 11.1. The third-order valence-electron chi connectivity index (χ3n) is 2.57. The van der Waals surface area contributed by atoms with Gasteiger partial charge in [-0.05, 0) is 45.7 Å². The molecule has 0 radical (unpaired) electrons. The molecule has 1 heterocycles. The van der Waals surface area contributed by atoms with E-state index in [0.29, 0.717) is 13.0 Å². The van der Waals surface area contributed by atoms with Crippen LogP contribution >= 0.6 is 0 Å². The van der Waals surface area contributed by atoms with Crippen molar-refractivity contribution in [1.82, 2.24) is 4.57 Å². The number of nitrogens with zero attached hydrogens (tertiary/aromatic N) is 1. The molecule has 96 valence electrons. The Labute approximate surface area is 103 Å². The highest BCUT2D eigenvalue weighted by Crippen LogP contribution is 2.16. The van der Waals surface area contributed by atoms with E-state index in [1.807, 2.05) is 18.5 Å². The van der Waals surface area contributed by atoms with Crippen molar-refractivity contribution in [3.63, 3.8) is 0 Å². The highest BCUT2D eigenvalue weighted by Gasteiger charge is 2.17. The summed E-state index contributed by atoms with van der Waals surface area (Å²) in [5, 5.41) is 0. The molecule has 1 aromatic rings. The molecule has 4 nitrogen and oxygen atoms in total. The number of rotatable bonds is 4. The Morgan fingerprint density at radius 2 is 2.18 bits per heavy atom. The molecule has 1 rings (SSSR count). The van der Waals surface area contributed by atoms with E-state index in [1.165, 1.54) is 0 Å². The number of hydrogen-bond acceptors (Lipinski definition) is 3. The van der Waals surface area contributed by atoms with Gasteiger partial charge in [0.05, 0.1) is 6.61 Å². The van der Waals surface area contributed by atoms with E-state index in [1.54, 1.807) is 6.92 Å². The maximum atomic E-state index is 11.4. The number of nitrogens with two attached hydrogens (primary N) is 1. The molecule has 1 atom stereocenters. The quantitative estimate of drug-likeness (QED) is 0.812. The Kier molecular flexibility index (Phi) is 4.34. The number of hydrogen-bond donors (Lipinski definition) is 1. The molecule has 1 unspecified atom stereocenters. The van der Waals surface area contributed by atoms with E-state index in [9.17, 15) is 4.79 Å².